The molecule has 5 heteroatoms. The average molecular weight is 307 g/mol. The summed E-state index contributed by atoms with van der Waals surface area (Å²) in [6.07, 6.45) is -0.869. The molecule has 0 aliphatic heterocycles. The molecule has 1 aromatic rings. The van der Waals surface area contributed by atoms with Gasteiger partial charge in [-0.1, -0.05) is 52.8 Å². The smallest absolute Gasteiger partial charge is 0.438 e. The number of para-hydroxylation sites is 1. The van der Waals surface area contributed by atoms with E-state index in [1.165, 1.54) is 7.11 Å². The van der Waals surface area contributed by atoms with Crippen molar-refractivity contribution >= 4 is 17.7 Å². The summed E-state index contributed by atoms with van der Waals surface area (Å²) in [5, 5.41) is 2.83. The average Bonchev–Trinajstić information content (AvgIpc) is 2.43. The first-order valence-corrected chi connectivity index (χ1v) is 7.28. The van der Waals surface area contributed by atoms with Crippen LogP contribution >= 0.6 is 0 Å². The van der Waals surface area contributed by atoms with Gasteiger partial charge in [0.2, 0.25) is 5.60 Å². The van der Waals surface area contributed by atoms with Crippen LogP contribution in [0.2, 0.25) is 0 Å². The summed E-state index contributed by atoms with van der Waals surface area (Å²) in [4.78, 5) is 24.6. The number of carbonyl (C=O) groups is 2. The molecule has 22 heavy (non-hydrogen) atoms. The number of hydrogen-bond acceptors (Lipinski definition) is 4. The Morgan fingerprint density at radius 2 is 1.64 bits per heavy atom. The lowest BCUT2D eigenvalue weighted by Gasteiger charge is -2.44. The Kier molecular flexibility index (Phi) is 5.58. The van der Waals surface area contributed by atoms with Crippen LogP contribution in [0.1, 0.15) is 34.6 Å². The fourth-order valence-electron chi connectivity index (χ4n) is 2.70. The molecule has 0 bridgehead atoms. The molecule has 0 radical (unpaired) electrons. The number of carbonyl (C=O) groups excluding carboxylic acids is 2. The molecule has 0 aromatic heterocycles. The van der Waals surface area contributed by atoms with E-state index in [0.717, 1.165) is 0 Å². The van der Waals surface area contributed by atoms with E-state index in [1.807, 2.05) is 52.8 Å². The number of methoxy groups -OCH3 is 1. The van der Waals surface area contributed by atoms with E-state index in [9.17, 15) is 9.59 Å². The van der Waals surface area contributed by atoms with Gasteiger partial charge in [-0.15, -0.1) is 0 Å². The van der Waals surface area contributed by atoms with Crippen LogP contribution in [0.25, 0.3) is 0 Å². The maximum absolute atomic E-state index is 12.9. The molecule has 122 valence electrons. The van der Waals surface area contributed by atoms with Crippen LogP contribution in [0.3, 0.4) is 0 Å². The third-order valence-electron chi connectivity index (χ3n) is 3.71. The van der Waals surface area contributed by atoms with Crippen LogP contribution in [0, 0.1) is 11.3 Å². The second kappa shape index (κ2) is 6.81. The SMILES string of the molecule is COC(=O)O[C@](C(=O)Nc1ccccc1)(C(C)C)C(C)(C)C. The van der Waals surface area contributed by atoms with Crippen molar-refractivity contribution in [3.05, 3.63) is 30.3 Å². The van der Waals surface area contributed by atoms with E-state index >= 15 is 0 Å². The Morgan fingerprint density at radius 1 is 1.09 bits per heavy atom. The van der Waals surface area contributed by atoms with E-state index in [2.05, 4.69) is 10.1 Å². The second-order valence-electron chi connectivity index (χ2n) is 6.52. The summed E-state index contributed by atoms with van der Waals surface area (Å²) in [7, 11) is 1.23. The van der Waals surface area contributed by atoms with E-state index in [4.69, 9.17) is 4.74 Å². The minimum Gasteiger partial charge on any atom is -0.438 e. The highest BCUT2D eigenvalue weighted by Gasteiger charge is 2.55. The van der Waals surface area contributed by atoms with E-state index in [-0.39, 0.29) is 11.8 Å². The van der Waals surface area contributed by atoms with Gasteiger partial charge < -0.3 is 14.8 Å². The lowest BCUT2D eigenvalue weighted by atomic mass is 9.69. The normalized spacial score (nSPS) is 14.1. The third-order valence-corrected chi connectivity index (χ3v) is 3.71. The van der Waals surface area contributed by atoms with E-state index in [1.54, 1.807) is 12.1 Å². The van der Waals surface area contributed by atoms with Gasteiger partial charge in [-0.2, -0.15) is 0 Å². The summed E-state index contributed by atoms with van der Waals surface area (Å²) in [5.41, 5.74) is -1.32. The van der Waals surface area contributed by atoms with Crippen molar-refractivity contribution in [3.63, 3.8) is 0 Å². The molecule has 5 nitrogen and oxygen atoms in total. The molecule has 0 unspecified atom stereocenters. The zero-order chi connectivity index (χ0) is 17.0. The Balaban J connectivity index is 3.23. The second-order valence-corrected chi connectivity index (χ2v) is 6.52. The number of hydrogen-bond donors (Lipinski definition) is 1. The quantitative estimate of drug-likeness (QED) is 0.858. The van der Waals surface area contributed by atoms with Crippen molar-refractivity contribution in [1.82, 2.24) is 0 Å². The van der Waals surface area contributed by atoms with Crippen molar-refractivity contribution < 1.29 is 19.1 Å². The molecule has 0 aliphatic carbocycles. The van der Waals surface area contributed by atoms with Crippen molar-refractivity contribution in [2.24, 2.45) is 11.3 Å². The van der Waals surface area contributed by atoms with Crippen LogP contribution in [0.15, 0.2) is 30.3 Å². The van der Waals surface area contributed by atoms with Gasteiger partial charge in [0, 0.05) is 17.0 Å². The molecule has 1 aromatic carbocycles. The summed E-state index contributed by atoms with van der Waals surface area (Å²) < 4.78 is 10.1. The van der Waals surface area contributed by atoms with Gasteiger partial charge in [0.15, 0.2) is 0 Å². The Bertz CT molecular complexity index is 519. The van der Waals surface area contributed by atoms with E-state index in [0.29, 0.717) is 5.69 Å². The predicted molar refractivity (Wildman–Crippen MR) is 85.6 cm³/mol. The lowest BCUT2D eigenvalue weighted by Crippen LogP contribution is -2.59. The number of rotatable bonds is 4. The molecule has 0 saturated heterocycles. The zero-order valence-corrected chi connectivity index (χ0v) is 14.1. The Morgan fingerprint density at radius 3 is 2.05 bits per heavy atom. The summed E-state index contributed by atoms with van der Waals surface area (Å²) >= 11 is 0. The van der Waals surface area contributed by atoms with Crippen molar-refractivity contribution in [2.45, 2.75) is 40.2 Å². The summed E-state index contributed by atoms with van der Waals surface area (Å²) in [5.74, 6) is -0.609. The highest BCUT2D eigenvalue weighted by Crippen LogP contribution is 2.41. The number of benzene rings is 1. The van der Waals surface area contributed by atoms with Gasteiger partial charge in [-0.05, 0) is 12.1 Å². The van der Waals surface area contributed by atoms with Crippen molar-refractivity contribution in [2.75, 3.05) is 12.4 Å². The standard InChI is InChI=1S/C17H25NO4/c1-12(2)17(16(3,4)5,22-15(20)21-6)14(19)18-13-10-8-7-9-11-13/h7-12H,1-6H3,(H,18,19)/t17-/m0/s1. The highest BCUT2D eigenvalue weighted by molar-refractivity contribution is 5.99. The zero-order valence-electron chi connectivity index (χ0n) is 14.1. The molecule has 1 N–H and O–H groups in total. The maximum Gasteiger partial charge on any atom is 0.509 e. The van der Waals surface area contributed by atoms with Gasteiger partial charge in [-0.25, -0.2) is 4.79 Å². The minimum absolute atomic E-state index is 0.240. The van der Waals surface area contributed by atoms with Crippen LogP contribution in [-0.2, 0) is 14.3 Å². The molecular weight excluding hydrogens is 282 g/mol. The van der Waals surface area contributed by atoms with Gasteiger partial charge >= 0.3 is 6.16 Å². The van der Waals surface area contributed by atoms with Crippen LogP contribution in [0.4, 0.5) is 10.5 Å². The number of amides is 1. The van der Waals surface area contributed by atoms with Crippen LogP contribution in [0.5, 0.6) is 0 Å². The van der Waals surface area contributed by atoms with Gasteiger partial charge in [0.25, 0.3) is 5.91 Å². The molecule has 1 amide bonds. The molecule has 0 aliphatic rings. The highest BCUT2D eigenvalue weighted by atomic mass is 16.7. The first-order valence-electron chi connectivity index (χ1n) is 7.28. The third kappa shape index (κ3) is 3.59. The molecule has 0 saturated carbocycles. The minimum atomic E-state index is -1.35. The number of nitrogens with one attached hydrogen (secondary N) is 1. The van der Waals surface area contributed by atoms with Gasteiger partial charge in [0.05, 0.1) is 7.11 Å². The molecule has 0 fully saturated rings. The first-order chi connectivity index (χ1) is 10.1. The predicted octanol–water partition coefficient (Wildman–Crippen LogP) is 3.85. The van der Waals surface area contributed by atoms with Crippen LogP contribution < -0.4 is 5.32 Å². The largest absolute Gasteiger partial charge is 0.509 e. The van der Waals surface area contributed by atoms with E-state index < -0.39 is 17.2 Å². The summed E-state index contributed by atoms with van der Waals surface area (Å²) in [6.45, 7) is 9.28. The summed E-state index contributed by atoms with van der Waals surface area (Å²) in [6, 6.07) is 9.07. The van der Waals surface area contributed by atoms with Gasteiger partial charge in [-0.3, -0.25) is 4.79 Å². The lowest BCUT2D eigenvalue weighted by molar-refractivity contribution is -0.160. The number of ether oxygens (including phenoxy) is 2. The molecule has 0 spiro atoms. The first kappa shape index (κ1) is 18.0. The number of anilines is 1. The van der Waals surface area contributed by atoms with Crippen molar-refractivity contribution in [3.8, 4) is 0 Å². The van der Waals surface area contributed by atoms with Crippen LogP contribution in [-0.4, -0.2) is 24.8 Å². The van der Waals surface area contributed by atoms with Gasteiger partial charge in [0.1, 0.15) is 0 Å². The molecule has 1 rings (SSSR count). The topological polar surface area (TPSA) is 64.6 Å². The Labute approximate surface area is 132 Å². The monoisotopic (exact) mass is 307 g/mol. The molecule has 1 atom stereocenters. The fraction of sp³-hybridized carbons (Fsp3) is 0.529. The van der Waals surface area contributed by atoms with Crippen molar-refractivity contribution in [1.29, 1.82) is 0 Å². The molecular formula is C17H25NO4. The Hall–Kier alpha value is -2.04. The fourth-order valence-corrected chi connectivity index (χ4v) is 2.70. The molecule has 0 heterocycles. The maximum atomic E-state index is 12.9.